The van der Waals surface area contributed by atoms with Crippen LogP contribution in [0.3, 0.4) is 0 Å². The van der Waals surface area contributed by atoms with Crippen LogP contribution in [0.1, 0.15) is 44.0 Å². The third-order valence-corrected chi connectivity index (χ3v) is 7.09. The Labute approximate surface area is 228 Å². The smallest absolute Gasteiger partial charge is 0.412 e. The minimum absolute atomic E-state index is 0.220. The third-order valence-electron chi connectivity index (χ3n) is 7.09. The zero-order valence-corrected chi connectivity index (χ0v) is 22.7. The quantitative estimate of drug-likeness (QED) is 0.417. The second-order valence-corrected chi connectivity index (χ2v) is 10.7. The van der Waals surface area contributed by atoms with Crippen molar-refractivity contribution in [2.24, 2.45) is 5.41 Å². The molecule has 1 aliphatic heterocycles. The maximum absolute atomic E-state index is 11.6. The Morgan fingerprint density at radius 1 is 1.23 bits per heavy atom. The van der Waals surface area contributed by atoms with Crippen molar-refractivity contribution in [2.75, 3.05) is 35.7 Å². The third kappa shape index (κ3) is 5.89. The van der Waals surface area contributed by atoms with Gasteiger partial charge in [0.25, 0.3) is 0 Å². The van der Waals surface area contributed by atoms with Crippen LogP contribution in [0.4, 0.5) is 22.1 Å². The van der Waals surface area contributed by atoms with Crippen molar-refractivity contribution in [3.8, 4) is 16.9 Å². The molecule has 0 saturated heterocycles. The molecule has 39 heavy (non-hydrogen) atoms. The van der Waals surface area contributed by atoms with Gasteiger partial charge in [0.2, 0.25) is 0 Å². The van der Waals surface area contributed by atoms with Crippen molar-refractivity contribution in [1.82, 2.24) is 20.3 Å². The van der Waals surface area contributed by atoms with E-state index in [2.05, 4.69) is 52.0 Å². The van der Waals surface area contributed by atoms with Crippen molar-refractivity contribution in [3.63, 3.8) is 0 Å². The second-order valence-electron chi connectivity index (χ2n) is 10.7. The summed E-state index contributed by atoms with van der Waals surface area (Å²) in [5, 5.41) is 5.40. The van der Waals surface area contributed by atoms with Crippen LogP contribution in [-0.2, 0) is 24.1 Å². The highest BCUT2D eigenvalue weighted by molar-refractivity contribution is 5.75. The molecule has 0 spiro atoms. The van der Waals surface area contributed by atoms with Crippen LogP contribution in [0.2, 0.25) is 0 Å². The van der Waals surface area contributed by atoms with E-state index in [1.807, 2.05) is 18.2 Å². The Balaban J connectivity index is 1.37. The van der Waals surface area contributed by atoms with Gasteiger partial charge in [-0.3, -0.25) is 5.32 Å². The molecule has 204 valence electrons. The number of fused-ring (bicyclic) bond motifs is 2. The van der Waals surface area contributed by atoms with E-state index < -0.39 is 6.09 Å². The monoisotopic (exact) mass is 529 g/mol. The Morgan fingerprint density at radius 3 is 2.87 bits per heavy atom. The number of benzene rings is 1. The Hall–Kier alpha value is -4.34. The van der Waals surface area contributed by atoms with Crippen LogP contribution in [0.15, 0.2) is 49.2 Å². The van der Waals surface area contributed by atoms with E-state index in [4.69, 9.17) is 20.2 Å². The number of nitrogen functional groups attached to an aromatic ring is 1. The van der Waals surface area contributed by atoms with E-state index in [9.17, 15) is 4.79 Å². The number of aryl methyl sites for hydroxylation is 1. The molecule has 1 amide bonds. The highest BCUT2D eigenvalue weighted by Crippen LogP contribution is 2.39. The number of hydrogen-bond acceptors (Lipinski definition) is 9. The molecule has 3 aromatic rings. The van der Waals surface area contributed by atoms with E-state index in [0.29, 0.717) is 24.7 Å². The standard InChI is InChI=1S/C29H35N7O3/c1-5-38-28(37)35-18(2)34-26-23(30)13-20(15-31-26)19-6-7-25-21(12-19)16-36(10-11-39-25)27-22-14-29(3,4)9-8-24(22)32-17-33-27/h6-7,12-13,15,17H,2,5,8-11,14,16,30H2,1,3-4H3,(H,31,34)(H,35,37). The normalized spacial score (nSPS) is 15.7. The molecule has 0 saturated carbocycles. The fraction of sp³-hybridized carbons (Fsp3) is 0.379. The summed E-state index contributed by atoms with van der Waals surface area (Å²) >= 11 is 0. The van der Waals surface area contributed by atoms with E-state index >= 15 is 0 Å². The SMILES string of the molecule is C=C(NC(=O)OCC)Nc1ncc(-c2ccc3c(c2)CN(c2ncnc4c2CC(C)(C)CC4)CCO3)cc1N. The molecule has 2 aromatic heterocycles. The minimum Gasteiger partial charge on any atom is -0.491 e. The molecule has 2 aliphatic rings. The molecule has 0 unspecified atom stereocenters. The van der Waals surface area contributed by atoms with Gasteiger partial charge in [-0.15, -0.1) is 0 Å². The topological polar surface area (TPSA) is 128 Å². The molecule has 0 atom stereocenters. The van der Waals surface area contributed by atoms with E-state index in [1.54, 1.807) is 19.4 Å². The number of nitrogens with one attached hydrogen (secondary N) is 2. The summed E-state index contributed by atoms with van der Waals surface area (Å²) in [7, 11) is 0. The highest BCUT2D eigenvalue weighted by Gasteiger charge is 2.30. The van der Waals surface area contributed by atoms with E-state index in [-0.39, 0.29) is 17.8 Å². The van der Waals surface area contributed by atoms with Gasteiger partial charge in [0, 0.05) is 35.1 Å². The number of anilines is 3. The van der Waals surface area contributed by atoms with Gasteiger partial charge in [0.15, 0.2) is 5.82 Å². The average Bonchev–Trinajstić information content (AvgIpc) is 3.11. The number of nitrogens with two attached hydrogens (primary N) is 1. The van der Waals surface area contributed by atoms with Gasteiger partial charge in [-0.1, -0.05) is 26.5 Å². The molecular weight excluding hydrogens is 494 g/mol. The Bertz CT molecular complexity index is 1410. The molecular formula is C29H35N7O3. The zero-order valence-electron chi connectivity index (χ0n) is 22.7. The summed E-state index contributed by atoms with van der Waals surface area (Å²) in [6.07, 6.45) is 5.90. The molecule has 1 aliphatic carbocycles. The first-order valence-corrected chi connectivity index (χ1v) is 13.2. The van der Waals surface area contributed by atoms with Gasteiger partial charge in [-0.2, -0.15) is 0 Å². The number of pyridine rings is 1. The number of alkyl carbamates (subject to hydrolysis) is 1. The molecule has 0 fully saturated rings. The molecule has 0 bridgehead atoms. The average molecular weight is 530 g/mol. The zero-order chi connectivity index (χ0) is 27.6. The Kier molecular flexibility index (Phi) is 7.28. The predicted octanol–water partition coefficient (Wildman–Crippen LogP) is 4.66. The first kappa shape index (κ1) is 26.3. The number of nitrogens with zero attached hydrogens (tertiary/aromatic N) is 4. The summed E-state index contributed by atoms with van der Waals surface area (Å²) in [5.41, 5.74) is 12.3. The largest absolute Gasteiger partial charge is 0.491 e. The fourth-order valence-corrected chi connectivity index (χ4v) is 5.09. The minimum atomic E-state index is -0.599. The number of hydrogen-bond donors (Lipinski definition) is 3. The molecule has 5 rings (SSSR count). The summed E-state index contributed by atoms with van der Waals surface area (Å²) < 4.78 is 11.0. The summed E-state index contributed by atoms with van der Waals surface area (Å²) in [5.74, 6) is 2.48. The van der Waals surface area contributed by atoms with Gasteiger partial charge in [0.05, 0.1) is 18.8 Å². The van der Waals surface area contributed by atoms with Gasteiger partial charge in [-0.05, 0) is 55.4 Å². The van der Waals surface area contributed by atoms with Gasteiger partial charge >= 0.3 is 6.09 Å². The lowest BCUT2D eigenvalue weighted by atomic mass is 9.76. The van der Waals surface area contributed by atoms with Crippen LogP contribution >= 0.6 is 0 Å². The second kappa shape index (κ2) is 10.8. The number of ether oxygens (including phenoxy) is 2. The van der Waals surface area contributed by atoms with E-state index in [1.165, 1.54) is 5.56 Å². The number of rotatable bonds is 6. The molecule has 0 radical (unpaired) electrons. The van der Waals surface area contributed by atoms with Crippen molar-refractivity contribution < 1.29 is 14.3 Å². The summed E-state index contributed by atoms with van der Waals surface area (Å²) in [4.78, 5) is 27.7. The molecule has 10 heteroatoms. The number of amides is 1. The molecule has 4 N–H and O–H groups in total. The van der Waals surface area contributed by atoms with Crippen molar-refractivity contribution in [3.05, 3.63) is 66.0 Å². The lowest BCUT2D eigenvalue weighted by Gasteiger charge is -2.33. The predicted molar refractivity (Wildman–Crippen MR) is 151 cm³/mol. The van der Waals surface area contributed by atoms with Crippen LogP contribution < -0.4 is 26.0 Å². The Morgan fingerprint density at radius 2 is 2.08 bits per heavy atom. The van der Waals surface area contributed by atoms with Gasteiger partial charge < -0.3 is 25.4 Å². The summed E-state index contributed by atoms with van der Waals surface area (Å²) in [6.45, 7) is 12.4. The van der Waals surface area contributed by atoms with Crippen LogP contribution in [0, 0.1) is 5.41 Å². The fourth-order valence-electron chi connectivity index (χ4n) is 5.09. The van der Waals surface area contributed by atoms with Crippen molar-refractivity contribution in [1.29, 1.82) is 0 Å². The van der Waals surface area contributed by atoms with Gasteiger partial charge in [-0.25, -0.2) is 19.7 Å². The molecule has 10 nitrogen and oxygen atoms in total. The van der Waals surface area contributed by atoms with Gasteiger partial charge in [0.1, 0.15) is 30.3 Å². The van der Waals surface area contributed by atoms with Crippen molar-refractivity contribution >= 4 is 23.4 Å². The number of carbonyl (C=O) groups is 1. The number of aromatic nitrogens is 3. The van der Waals surface area contributed by atoms with Crippen LogP contribution in [-0.4, -0.2) is 40.8 Å². The molecule has 3 heterocycles. The maximum atomic E-state index is 11.6. The maximum Gasteiger partial charge on any atom is 0.412 e. The lowest BCUT2D eigenvalue weighted by molar-refractivity contribution is 0.155. The van der Waals surface area contributed by atoms with Crippen LogP contribution in [0.5, 0.6) is 5.75 Å². The first-order chi connectivity index (χ1) is 18.7. The highest BCUT2D eigenvalue weighted by atomic mass is 16.5. The lowest BCUT2D eigenvalue weighted by Crippen LogP contribution is -2.31. The number of carbonyl (C=O) groups excluding carboxylic acids is 1. The molecule has 1 aromatic carbocycles. The van der Waals surface area contributed by atoms with Crippen LogP contribution in [0.25, 0.3) is 11.1 Å². The first-order valence-electron chi connectivity index (χ1n) is 13.2. The summed E-state index contributed by atoms with van der Waals surface area (Å²) in [6, 6.07) is 7.97. The van der Waals surface area contributed by atoms with E-state index in [0.717, 1.165) is 59.8 Å². The van der Waals surface area contributed by atoms with Crippen molar-refractivity contribution in [2.45, 2.75) is 46.6 Å².